The summed E-state index contributed by atoms with van der Waals surface area (Å²) in [5.41, 5.74) is 2.32. The molecular weight excluding hydrogens is 344 g/mol. The fraction of sp³-hybridized carbons (Fsp3) is 0.421. The van der Waals surface area contributed by atoms with Gasteiger partial charge in [0.25, 0.3) is 0 Å². The lowest BCUT2D eigenvalue weighted by molar-refractivity contribution is 0.251. The fourth-order valence-electron chi connectivity index (χ4n) is 3.31. The number of anilines is 1. The zero-order valence-corrected chi connectivity index (χ0v) is 16.3. The summed E-state index contributed by atoms with van der Waals surface area (Å²) in [5.74, 6) is 1.90. The number of hydrogen-bond donors (Lipinski definition) is 0. The van der Waals surface area contributed by atoms with E-state index in [-0.39, 0.29) is 0 Å². The SMILES string of the molecule is Cc1cnn(-c2cccc(N3CCN(Cc4sc(C)nc4C)CC3)n2)c1. The summed E-state index contributed by atoms with van der Waals surface area (Å²) in [6.45, 7) is 11.3. The molecule has 3 aromatic rings. The van der Waals surface area contributed by atoms with Gasteiger partial charge in [-0.25, -0.2) is 14.6 Å². The first kappa shape index (κ1) is 17.2. The first-order valence-electron chi connectivity index (χ1n) is 8.97. The lowest BCUT2D eigenvalue weighted by Crippen LogP contribution is -2.46. The fourth-order valence-corrected chi connectivity index (χ4v) is 4.29. The maximum atomic E-state index is 4.81. The Hall–Kier alpha value is -2.25. The minimum Gasteiger partial charge on any atom is -0.354 e. The highest BCUT2D eigenvalue weighted by Gasteiger charge is 2.20. The van der Waals surface area contributed by atoms with E-state index < -0.39 is 0 Å². The van der Waals surface area contributed by atoms with Gasteiger partial charge in [0, 0.05) is 43.8 Å². The van der Waals surface area contributed by atoms with Gasteiger partial charge in [0.15, 0.2) is 5.82 Å². The van der Waals surface area contributed by atoms with E-state index in [1.54, 1.807) is 0 Å². The van der Waals surface area contributed by atoms with E-state index in [1.807, 2.05) is 41.4 Å². The molecule has 0 radical (unpaired) electrons. The van der Waals surface area contributed by atoms with Gasteiger partial charge in [-0.2, -0.15) is 5.10 Å². The number of hydrogen-bond acceptors (Lipinski definition) is 6. The van der Waals surface area contributed by atoms with Gasteiger partial charge in [0.2, 0.25) is 0 Å². The van der Waals surface area contributed by atoms with Crippen molar-refractivity contribution in [3.63, 3.8) is 0 Å². The van der Waals surface area contributed by atoms with Gasteiger partial charge in [-0.05, 0) is 38.5 Å². The number of nitrogens with zero attached hydrogens (tertiary/aromatic N) is 6. The maximum Gasteiger partial charge on any atom is 0.155 e. The largest absolute Gasteiger partial charge is 0.354 e. The predicted octanol–water partition coefficient (Wildman–Crippen LogP) is 2.97. The Labute approximate surface area is 158 Å². The molecule has 1 fully saturated rings. The summed E-state index contributed by atoms with van der Waals surface area (Å²) in [5, 5.41) is 5.52. The summed E-state index contributed by atoms with van der Waals surface area (Å²) in [6, 6.07) is 6.15. The molecule has 4 rings (SSSR count). The van der Waals surface area contributed by atoms with Crippen LogP contribution in [0, 0.1) is 20.8 Å². The lowest BCUT2D eigenvalue weighted by atomic mass is 10.2. The third-order valence-corrected chi connectivity index (χ3v) is 5.79. The monoisotopic (exact) mass is 368 g/mol. The van der Waals surface area contributed by atoms with E-state index in [9.17, 15) is 0 Å². The molecule has 3 aromatic heterocycles. The molecule has 0 aliphatic carbocycles. The number of pyridine rings is 1. The van der Waals surface area contributed by atoms with Gasteiger partial charge in [-0.3, -0.25) is 4.90 Å². The molecule has 26 heavy (non-hydrogen) atoms. The zero-order chi connectivity index (χ0) is 18.1. The highest BCUT2D eigenvalue weighted by Crippen LogP contribution is 2.21. The van der Waals surface area contributed by atoms with E-state index in [0.717, 1.165) is 54.9 Å². The molecule has 4 heterocycles. The van der Waals surface area contributed by atoms with E-state index in [4.69, 9.17) is 4.98 Å². The third kappa shape index (κ3) is 3.64. The van der Waals surface area contributed by atoms with E-state index in [0.29, 0.717) is 0 Å². The molecule has 1 aliphatic heterocycles. The Bertz CT molecular complexity index is 891. The lowest BCUT2D eigenvalue weighted by Gasteiger charge is -2.35. The number of aromatic nitrogens is 4. The van der Waals surface area contributed by atoms with Crippen molar-refractivity contribution in [1.82, 2.24) is 24.6 Å². The predicted molar refractivity (Wildman–Crippen MR) is 105 cm³/mol. The molecule has 0 atom stereocenters. The second-order valence-corrected chi connectivity index (χ2v) is 8.11. The van der Waals surface area contributed by atoms with Gasteiger partial charge in [-0.15, -0.1) is 11.3 Å². The summed E-state index contributed by atoms with van der Waals surface area (Å²) >= 11 is 1.82. The van der Waals surface area contributed by atoms with Crippen molar-refractivity contribution in [2.24, 2.45) is 0 Å². The number of thiazole rings is 1. The van der Waals surface area contributed by atoms with Crippen LogP contribution in [0.1, 0.15) is 21.1 Å². The van der Waals surface area contributed by atoms with Gasteiger partial charge >= 0.3 is 0 Å². The number of piperazine rings is 1. The second kappa shape index (κ2) is 7.17. The zero-order valence-electron chi connectivity index (χ0n) is 15.5. The van der Waals surface area contributed by atoms with Crippen molar-refractivity contribution in [2.75, 3.05) is 31.1 Å². The molecule has 0 amide bonds. The first-order chi connectivity index (χ1) is 12.6. The Balaban J connectivity index is 1.41. The first-order valence-corrected chi connectivity index (χ1v) is 9.79. The molecule has 0 aromatic carbocycles. The van der Waals surface area contributed by atoms with E-state index in [2.05, 4.69) is 45.9 Å². The van der Waals surface area contributed by atoms with Crippen LogP contribution in [-0.4, -0.2) is 50.8 Å². The minimum absolute atomic E-state index is 0.869. The molecule has 1 saturated heterocycles. The topological polar surface area (TPSA) is 50.1 Å². The van der Waals surface area contributed by atoms with Crippen LogP contribution < -0.4 is 4.90 Å². The minimum atomic E-state index is 0.869. The highest BCUT2D eigenvalue weighted by molar-refractivity contribution is 7.11. The molecule has 0 spiro atoms. The number of rotatable bonds is 4. The van der Waals surface area contributed by atoms with Gasteiger partial charge in [-0.1, -0.05) is 6.07 Å². The van der Waals surface area contributed by atoms with Gasteiger partial charge in [0.1, 0.15) is 5.82 Å². The normalized spacial score (nSPS) is 15.6. The second-order valence-electron chi connectivity index (χ2n) is 6.82. The maximum absolute atomic E-state index is 4.81. The molecular formula is C19H24N6S. The average molecular weight is 369 g/mol. The van der Waals surface area contributed by atoms with Crippen LogP contribution >= 0.6 is 11.3 Å². The van der Waals surface area contributed by atoms with Crippen molar-refractivity contribution >= 4 is 17.2 Å². The average Bonchev–Trinajstić information content (AvgIpc) is 3.21. The van der Waals surface area contributed by atoms with Crippen LogP contribution in [0.4, 0.5) is 5.82 Å². The van der Waals surface area contributed by atoms with Crippen LogP contribution in [0.3, 0.4) is 0 Å². The molecule has 6 nitrogen and oxygen atoms in total. The Morgan fingerprint density at radius 3 is 2.42 bits per heavy atom. The Morgan fingerprint density at radius 2 is 1.77 bits per heavy atom. The molecule has 7 heteroatoms. The van der Waals surface area contributed by atoms with Crippen molar-refractivity contribution in [2.45, 2.75) is 27.3 Å². The van der Waals surface area contributed by atoms with Crippen LogP contribution in [0.25, 0.3) is 5.82 Å². The Morgan fingerprint density at radius 1 is 1.00 bits per heavy atom. The third-order valence-electron chi connectivity index (χ3n) is 4.73. The molecule has 136 valence electrons. The van der Waals surface area contributed by atoms with E-state index >= 15 is 0 Å². The van der Waals surface area contributed by atoms with Crippen LogP contribution in [0.2, 0.25) is 0 Å². The molecule has 0 saturated carbocycles. The summed E-state index contributed by atoms with van der Waals surface area (Å²) in [7, 11) is 0. The highest BCUT2D eigenvalue weighted by atomic mass is 32.1. The van der Waals surface area contributed by atoms with E-state index in [1.165, 1.54) is 10.6 Å². The van der Waals surface area contributed by atoms with Gasteiger partial charge in [0.05, 0.1) is 16.9 Å². The molecule has 0 unspecified atom stereocenters. The molecule has 1 aliphatic rings. The van der Waals surface area contributed by atoms with Crippen LogP contribution in [0.15, 0.2) is 30.6 Å². The van der Waals surface area contributed by atoms with Crippen molar-refractivity contribution in [3.05, 3.63) is 51.7 Å². The smallest absolute Gasteiger partial charge is 0.155 e. The van der Waals surface area contributed by atoms with Crippen LogP contribution in [0.5, 0.6) is 0 Å². The quantitative estimate of drug-likeness (QED) is 0.709. The van der Waals surface area contributed by atoms with Crippen LogP contribution in [-0.2, 0) is 6.54 Å². The van der Waals surface area contributed by atoms with Crippen molar-refractivity contribution in [1.29, 1.82) is 0 Å². The van der Waals surface area contributed by atoms with Crippen molar-refractivity contribution < 1.29 is 0 Å². The number of aryl methyl sites for hydroxylation is 3. The summed E-state index contributed by atoms with van der Waals surface area (Å²) < 4.78 is 1.84. The van der Waals surface area contributed by atoms with Gasteiger partial charge < -0.3 is 4.90 Å². The van der Waals surface area contributed by atoms with Crippen molar-refractivity contribution in [3.8, 4) is 5.82 Å². The summed E-state index contributed by atoms with van der Waals surface area (Å²) in [4.78, 5) is 15.6. The Kier molecular flexibility index (Phi) is 4.74. The standard InChI is InChI=1S/C19H24N6S/c1-14-11-20-25(12-14)19-6-4-5-18(22-19)24-9-7-23(8-10-24)13-17-15(2)21-16(3)26-17/h4-6,11-12H,7-10,13H2,1-3H3. The summed E-state index contributed by atoms with van der Waals surface area (Å²) in [6.07, 6.45) is 3.86. The molecule has 0 N–H and O–H groups in total. The molecule has 0 bridgehead atoms.